The quantitative estimate of drug-likeness (QED) is 0.741. The maximum Gasteiger partial charge on any atom is 0.104 e. The van der Waals surface area contributed by atoms with Crippen molar-refractivity contribution in [2.75, 3.05) is 0 Å². The third-order valence-corrected chi connectivity index (χ3v) is 2.92. The summed E-state index contributed by atoms with van der Waals surface area (Å²) in [6.07, 6.45) is 0. The molecule has 1 unspecified atom stereocenters. The van der Waals surface area contributed by atoms with E-state index in [0.29, 0.717) is 10.8 Å². The first-order valence-corrected chi connectivity index (χ1v) is 5.79. The van der Waals surface area contributed by atoms with E-state index in [4.69, 9.17) is 4.55 Å². The van der Waals surface area contributed by atoms with Crippen molar-refractivity contribution >= 4 is 15.7 Å². The van der Waals surface area contributed by atoms with E-state index in [1.807, 2.05) is 12.1 Å². The molecule has 0 aromatic heterocycles. The zero-order valence-electron chi connectivity index (χ0n) is 7.86. The Morgan fingerprint density at radius 1 is 1.31 bits per heavy atom. The summed E-state index contributed by atoms with van der Waals surface area (Å²) in [4.78, 5) is 0.386. The van der Waals surface area contributed by atoms with Crippen molar-refractivity contribution in [2.24, 2.45) is 0 Å². The first-order chi connectivity index (χ1) is 5.91. The van der Waals surface area contributed by atoms with Crippen molar-refractivity contribution in [3.8, 4) is 0 Å². The Kier molecular flexibility index (Phi) is 2.78. The summed E-state index contributed by atoms with van der Waals surface area (Å²) >= 11 is 0. The topological polar surface area (TPSA) is 37.3 Å². The molecule has 0 saturated heterocycles. The zero-order chi connectivity index (χ0) is 10.1. The van der Waals surface area contributed by atoms with E-state index < -0.39 is 9.80 Å². The highest BCUT2D eigenvalue weighted by Gasteiger charge is 2.03. The molecule has 13 heavy (non-hydrogen) atoms. The van der Waals surface area contributed by atoms with Crippen LogP contribution in [0.25, 0.3) is 0 Å². The molecule has 0 fully saturated rings. The molecule has 0 radical (unpaired) electrons. The highest BCUT2D eigenvalue weighted by molar-refractivity contribution is 7.95. The summed E-state index contributed by atoms with van der Waals surface area (Å²) in [6.45, 7) is 4.16. The molecule has 0 heterocycles. The molecule has 2 nitrogen and oxygen atoms in total. The average molecular weight is 198 g/mol. The maximum atomic E-state index is 11.1. The summed E-state index contributed by atoms with van der Waals surface area (Å²) in [5, 5.41) is 0. The molecular weight excluding hydrogens is 184 g/mol. The van der Waals surface area contributed by atoms with E-state index in [0.717, 1.165) is 5.56 Å². The van der Waals surface area contributed by atoms with Gasteiger partial charge in [-0.05, 0) is 29.5 Å². The van der Waals surface area contributed by atoms with Gasteiger partial charge in [-0.25, -0.2) is 4.21 Å². The molecule has 0 saturated carbocycles. The Morgan fingerprint density at radius 2 is 1.77 bits per heavy atom. The SMILES string of the molecule is C=S(=O)(O)c1ccc(C(C)C)cc1. The lowest BCUT2D eigenvalue weighted by molar-refractivity contribution is 0.560. The van der Waals surface area contributed by atoms with Crippen LogP contribution in [0.15, 0.2) is 29.2 Å². The fourth-order valence-electron chi connectivity index (χ4n) is 1.07. The minimum atomic E-state index is -3.05. The molecule has 0 spiro atoms. The van der Waals surface area contributed by atoms with Gasteiger partial charge in [-0.2, -0.15) is 0 Å². The molecule has 1 rings (SSSR count). The van der Waals surface area contributed by atoms with Crippen LogP contribution in [0.3, 0.4) is 0 Å². The van der Waals surface area contributed by atoms with Gasteiger partial charge in [0.25, 0.3) is 0 Å². The predicted octanol–water partition coefficient (Wildman–Crippen LogP) is 2.36. The van der Waals surface area contributed by atoms with Crippen LogP contribution in [-0.4, -0.2) is 14.6 Å². The Hall–Kier alpha value is -0.800. The van der Waals surface area contributed by atoms with Crippen LogP contribution in [0.2, 0.25) is 0 Å². The standard InChI is InChI=1S/C10H14O2S/c1-8(2)9-4-6-10(7-5-9)13(3,11)12/h4-8H,3H2,1-2H3,(H,11,12). The Labute approximate surface area is 79.4 Å². The van der Waals surface area contributed by atoms with E-state index >= 15 is 0 Å². The van der Waals surface area contributed by atoms with Gasteiger partial charge in [0.1, 0.15) is 9.80 Å². The summed E-state index contributed by atoms with van der Waals surface area (Å²) in [6, 6.07) is 7.04. The first kappa shape index (κ1) is 10.3. The van der Waals surface area contributed by atoms with E-state index in [1.165, 1.54) is 0 Å². The van der Waals surface area contributed by atoms with Crippen molar-refractivity contribution in [1.82, 2.24) is 0 Å². The average Bonchev–Trinajstić information content (AvgIpc) is 2.03. The van der Waals surface area contributed by atoms with Crippen molar-refractivity contribution in [3.05, 3.63) is 29.8 Å². The molecule has 0 aliphatic rings. The minimum Gasteiger partial charge on any atom is -0.310 e. The smallest absolute Gasteiger partial charge is 0.104 e. The molecule has 0 aliphatic carbocycles. The lowest BCUT2D eigenvalue weighted by Gasteiger charge is -2.06. The van der Waals surface area contributed by atoms with Crippen molar-refractivity contribution < 1.29 is 8.76 Å². The monoisotopic (exact) mass is 198 g/mol. The highest BCUT2D eigenvalue weighted by Crippen LogP contribution is 2.16. The van der Waals surface area contributed by atoms with Crippen LogP contribution in [0.5, 0.6) is 0 Å². The van der Waals surface area contributed by atoms with Gasteiger partial charge in [-0.1, -0.05) is 26.0 Å². The van der Waals surface area contributed by atoms with E-state index in [1.54, 1.807) is 12.1 Å². The van der Waals surface area contributed by atoms with Crippen molar-refractivity contribution in [2.45, 2.75) is 24.7 Å². The molecule has 0 amide bonds. The van der Waals surface area contributed by atoms with Gasteiger partial charge >= 0.3 is 0 Å². The number of hydrogen-bond donors (Lipinski definition) is 1. The summed E-state index contributed by atoms with van der Waals surface area (Å²) < 4.78 is 20.2. The second-order valence-corrected chi connectivity index (χ2v) is 5.12. The van der Waals surface area contributed by atoms with Crippen LogP contribution < -0.4 is 0 Å². The molecule has 1 atom stereocenters. The van der Waals surface area contributed by atoms with E-state index in [2.05, 4.69) is 19.7 Å². The number of rotatable bonds is 2. The van der Waals surface area contributed by atoms with Gasteiger partial charge in [0.15, 0.2) is 0 Å². The van der Waals surface area contributed by atoms with Crippen molar-refractivity contribution in [1.29, 1.82) is 0 Å². The maximum absolute atomic E-state index is 11.1. The Morgan fingerprint density at radius 3 is 2.08 bits per heavy atom. The molecule has 0 aliphatic heterocycles. The number of benzene rings is 1. The van der Waals surface area contributed by atoms with Gasteiger partial charge in [-0.3, -0.25) is 0 Å². The molecule has 1 N–H and O–H groups in total. The predicted molar refractivity (Wildman–Crippen MR) is 56.7 cm³/mol. The third-order valence-electron chi connectivity index (χ3n) is 1.92. The van der Waals surface area contributed by atoms with Crippen LogP contribution >= 0.6 is 0 Å². The highest BCUT2D eigenvalue weighted by atomic mass is 32.2. The van der Waals surface area contributed by atoms with Gasteiger partial charge in [0.2, 0.25) is 0 Å². The second-order valence-electron chi connectivity index (χ2n) is 3.36. The van der Waals surface area contributed by atoms with Gasteiger partial charge in [0.05, 0.1) is 4.90 Å². The molecule has 72 valence electrons. The van der Waals surface area contributed by atoms with Crippen LogP contribution in [0.4, 0.5) is 0 Å². The number of hydrogen-bond acceptors (Lipinski definition) is 1. The van der Waals surface area contributed by atoms with Gasteiger partial charge in [-0.15, -0.1) is 0 Å². The van der Waals surface area contributed by atoms with Crippen LogP contribution in [0.1, 0.15) is 25.3 Å². The zero-order valence-corrected chi connectivity index (χ0v) is 8.67. The molecule has 0 bridgehead atoms. The van der Waals surface area contributed by atoms with Crippen LogP contribution in [0, 0.1) is 0 Å². The second kappa shape index (κ2) is 3.52. The van der Waals surface area contributed by atoms with E-state index in [9.17, 15) is 4.21 Å². The van der Waals surface area contributed by atoms with E-state index in [-0.39, 0.29) is 0 Å². The first-order valence-electron chi connectivity index (χ1n) is 4.11. The van der Waals surface area contributed by atoms with Gasteiger partial charge < -0.3 is 4.55 Å². The lowest BCUT2D eigenvalue weighted by Crippen LogP contribution is -1.97. The largest absolute Gasteiger partial charge is 0.310 e. The summed E-state index contributed by atoms with van der Waals surface area (Å²) in [5.74, 6) is 3.64. The lowest BCUT2D eigenvalue weighted by atomic mass is 10.0. The van der Waals surface area contributed by atoms with Crippen LogP contribution in [-0.2, 0) is 9.80 Å². The summed E-state index contributed by atoms with van der Waals surface area (Å²) in [7, 11) is -3.05. The fraction of sp³-hybridized carbons (Fsp3) is 0.300. The summed E-state index contributed by atoms with van der Waals surface area (Å²) in [5.41, 5.74) is 1.16. The van der Waals surface area contributed by atoms with Crippen molar-refractivity contribution in [3.63, 3.8) is 0 Å². The molecule has 1 aromatic rings. The normalized spacial score (nSPS) is 15.7. The Bertz CT molecular complexity index is 374. The molecule has 1 aromatic carbocycles. The fourth-order valence-corrected chi connectivity index (χ4v) is 1.63. The molecular formula is C10H14O2S. The molecule has 3 heteroatoms. The minimum absolute atomic E-state index is 0.386. The van der Waals surface area contributed by atoms with Gasteiger partial charge in [0, 0.05) is 0 Å². The Balaban J connectivity index is 3.08. The third kappa shape index (κ3) is 2.57.